The van der Waals surface area contributed by atoms with E-state index in [9.17, 15) is 0 Å². The number of hydrogen-bond acceptors (Lipinski definition) is 3. The van der Waals surface area contributed by atoms with E-state index in [0.717, 1.165) is 21.5 Å². The van der Waals surface area contributed by atoms with E-state index in [-0.39, 0.29) is 5.84 Å². The largest absolute Gasteiger partial charge is 0.496 e. The van der Waals surface area contributed by atoms with Gasteiger partial charge in [-0.3, -0.25) is 5.41 Å². The van der Waals surface area contributed by atoms with Gasteiger partial charge in [-0.2, -0.15) is 0 Å². The Hall–Kier alpha value is -2.01. The molecule has 0 spiro atoms. The average Bonchev–Trinajstić information content (AvgIpc) is 2.45. The van der Waals surface area contributed by atoms with Crippen LogP contribution in [-0.4, -0.2) is 12.9 Å². The van der Waals surface area contributed by atoms with Crippen LogP contribution in [0.1, 0.15) is 11.1 Å². The lowest BCUT2D eigenvalue weighted by molar-refractivity contribution is 0.306. The zero-order chi connectivity index (χ0) is 14.5. The molecular weight excluding hydrogens is 320 g/mol. The van der Waals surface area contributed by atoms with Gasteiger partial charge in [0, 0.05) is 5.56 Å². The fraction of sp³-hybridized carbons (Fsp3) is 0.133. The number of nitrogens with two attached hydrogens (primary N) is 1. The number of nitrogens with one attached hydrogen (secondary N) is 1. The summed E-state index contributed by atoms with van der Waals surface area (Å²) in [6, 6.07) is 12.9. The van der Waals surface area contributed by atoms with Gasteiger partial charge < -0.3 is 15.2 Å². The van der Waals surface area contributed by atoms with E-state index in [1.165, 1.54) is 0 Å². The third-order valence-electron chi connectivity index (χ3n) is 2.79. The quantitative estimate of drug-likeness (QED) is 0.651. The van der Waals surface area contributed by atoms with Crippen LogP contribution < -0.4 is 15.2 Å². The van der Waals surface area contributed by atoms with Crippen LogP contribution >= 0.6 is 15.9 Å². The number of halogens is 1. The summed E-state index contributed by atoms with van der Waals surface area (Å²) in [6.45, 7) is 0.460. The van der Waals surface area contributed by atoms with Crippen molar-refractivity contribution in [3.8, 4) is 11.5 Å². The summed E-state index contributed by atoms with van der Waals surface area (Å²) in [4.78, 5) is 0. The molecule has 0 saturated carbocycles. The van der Waals surface area contributed by atoms with Crippen molar-refractivity contribution >= 4 is 21.8 Å². The molecule has 104 valence electrons. The van der Waals surface area contributed by atoms with E-state index in [1.54, 1.807) is 31.4 Å². The number of amidine groups is 1. The molecule has 0 heterocycles. The number of ether oxygens (including phenoxy) is 2. The van der Waals surface area contributed by atoms with Gasteiger partial charge in [-0.1, -0.05) is 6.07 Å². The highest BCUT2D eigenvalue weighted by molar-refractivity contribution is 9.10. The SMILES string of the molecule is COc1ccc(COc2ccc(C(=N)N)cc2)cc1Br. The van der Waals surface area contributed by atoms with Crippen molar-refractivity contribution in [2.75, 3.05) is 7.11 Å². The molecule has 0 aliphatic carbocycles. The Labute approximate surface area is 126 Å². The van der Waals surface area contributed by atoms with Crippen LogP contribution in [0.4, 0.5) is 0 Å². The van der Waals surface area contributed by atoms with E-state index in [0.29, 0.717) is 12.2 Å². The summed E-state index contributed by atoms with van der Waals surface area (Å²) in [5.41, 5.74) is 7.12. The predicted octanol–water partition coefficient (Wildman–Crippen LogP) is 3.32. The third kappa shape index (κ3) is 3.51. The molecule has 0 unspecified atom stereocenters. The molecule has 4 nitrogen and oxygen atoms in total. The second-order valence-corrected chi connectivity index (χ2v) is 5.05. The topological polar surface area (TPSA) is 68.3 Å². The first-order chi connectivity index (χ1) is 9.60. The fourth-order valence-electron chi connectivity index (χ4n) is 1.70. The molecular formula is C15H15BrN2O2. The highest BCUT2D eigenvalue weighted by Crippen LogP contribution is 2.26. The van der Waals surface area contributed by atoms with Crippen LogP contribution in [0, 0.1) is 5.41 Å². The van der Waals surface area contributed by atoms with Gasteiger partial charge in [-0.25, -0.2) is 0 Å². The maximum absolute atomic E-state index is 7.32. The van der Waals surface area contributed by atoms with Crippen molar-refractivity contribution < 1.29 is 9.47 Å². The molecule has 2 rings (SSSR count). The number of hydrogen-bond donors (Lipinski definition) is 2. The standard InChI is InChI=1S/C15H15BrN2O2/c1-19-14-7-2-10(8-13(14)16)9-20-12-5-3-11(4-6-12)15(17)18/h2-8H,9H2,1H3,(H3,17,18). The Morgan fingerprint density at radius 1 is 1.20 bits per heavy atom. The van der Waals surface area contributed by atoms with Crippen molar-refractivity contribution in [1.29, 1.82) is 5.41 Å². The van der Waals surface area contributed by atoms with Crippen molar-refractivity contribution in [2.45, 2.75) is 6.61 Å². The van der Waals surface area contributed by atoms with Gasteiger partial charge >= 0.3 is 0 Å². The van der Waals surface area contributed by atoms with Crippen LogP contribution in [0.25, 0.3) is 0 Å². The summed E-state index contributed by atoms with van der Waals surface area (Å²) < 4.78 is 11.8. The Morgan fingerprint density at radius 2 is 1.90 bits per heavy atom. The Bertz CT molecular complexity index is 612. The molecule has 0 saturated heterocycles. The molecule has 0 aromatic heterocycles. The second-order valence-electron chi connectivity index (χ2n) is 4.20. The lowest BCUT2D eigenvalue weighted by Gasteiger charge is -2.09. The Morgan fingerprint density at radius 3 is 2.45 bits per heavy atom. The summed E-state index contributed by atoms with van der Waals surface area (Å²) >= 11 is 3.44. The van der Waals surface area contributed by atoms with Gasteiger partial charge in [0.1, 0.15) is 23.9 Å². The first-order valence-electron chi connectivity index (χ1n) is 6.00. The minimum Gasteiger partial charge on any atom is -0.496 e. The van der Waals surface area contributed by atoms with E-state index in [4.69, 9.17) is 20.6 Å². The van der Waals surface area contributed by atoms with E-state index in [1.807, 2.05) is 18.2 Å². The van der Waals surface area contributed by atoms with Crippen molar-refractivity contribution in [1.82, 2.24) is 0 Å². The Kier molecular flexibility index (Phi) is 4.63. The zero-order valence-corrected chi connectivity index (χ0v) is 12.6. The normalized spacial score (nSPS) is 10.1. The van der Waals surface area contributed by atoms with Gasteiger partial charge in [-0.15, -0.1) is 0 Å². The summed E-state index contributed by atoms with van der Waals surface area (Å²) in [6.07, 6.45) is 0. The number of benzene rings is 2. The highest BCUT2D eigenvalue weighted by atomic mass is 79.9. The second kappa shape index (κ2) is 6.43. The minimum absolute atomic E-state index is 0.0515. The summed E-state index contributed by atoms with van der Waals surface area (Å²) in [5.74, 6) is 1.58. The molecule has 0 bridgehead atoms. The maximum Gasteiger partial charge on any atom is 0.133 e. The summed E-state index contributed by atoms with van der Waals surface area (Å²) in [7, 11) is 1.63. The van der Waals surface area contributed by atoms with Gasteiger partial charge in [0.2, 0.25) is 0 Å². The van der Waals surface area contributed by atoms with E-state index >= 15 is 0 Å². The lowest BCUT2D eigenvalue weighted by atomic mass is 10.2. The predicted molar refractivity (Wildman–Crippen MR) is 82.5 cm³/mol. The van der Waals surface area contributed by atoms with Crippen LogP contribution in [0.3, 0.4) is 0 Å². The first kappa shape index (κ1) is 14.4. The molecule has 0 amide bonds. The van der Waals surface area contributed by atoms with E-state index < -0.39 is 0 Å². The van der Waals surface area contributed by atoms with Gasteiger partial charge in [0.15, 0.2) is 0 Å². The van der Waals surface area contributed by atoms with Crippen molar-refractivity contribution in [3.05, 3.63) is 58.1 Å². The maximum atomic E-state index is 7.32. The lowest BCUT2D eigenvalue weighted by Crippen LogP contribution is -2.10. The van der Waals surface area contributed by atoms with Crippen molar-refractivity contribution in [2.24, 2.45) is 5.73 Å². The third-order valence-corrected chi connectivity index (χ3v) is 3.41. The molecule has 0 radical (unpaired) electrons. The molecule has 2 aromatic carbocycles. The first-order valence-corrected chi connectivity index (χ1v) is 6.79. The molecule has 0 atom stereocenters. The molecule has 3 N–H and O–H groups in total. The fourth-order valence-corrected chi connectivity index (χ4v) is 2.29. The average molecular weight is 335 g/mol. The minimum atomic E-state index is 0.0515. The van der Waals surface area contributed by atoms with E-state index in [2.05, 4.69) is 15.9 Å². The van der Waals surface area contributed by atoms with Gasteiger partial charge in [0.25, 0.3) is 0 Å². The van der Waals surface area contributed by atoms with Gasteiger partial charge in [-0.05, 0) is 57.9 Å². The molecule has 0 aliphatic heterocycles. The molecule has 0 fully saturated rings. The van der Waals surface area contributed by atoms with Crippen LogP contribution in [0.2, 0.25) is 0 Å². The molecule has 2 aromatic rings. The smallest absolute Gasteiger partial charge is 0.133 e. The monoisotopic (exact) mass is 334 g/mol. The highest BCUT2D eigenvalue weighted by Gasteiger charge is 2.03. The van der Waals surface area contributed by atoms with Crippen LogP contribution in [0.15, 0.2) is 46.9 Å². The molecule has 5 heteroatoms. The van der Waals surface area contributed by atoms with Gasteiger partial charge in [0.05, 0.1) is 11.6 Å². The van der Waals surface area contributed by atoms with Crippen LogP contribution in [-0.2, 0) is 6.61 Å². The number of rotatable bonds is 5. The van der Waals surface area contributed by atoms with Crippen molar-refractivity contribution in [3.63, 3.8) is 0 Å². The molecule has 20 heavy (non-hydrogen) atoms. The summed E-state index contributed by atoms with van der Waals surface area (Å²) in [5, 5.41) is 7.32. The van der Waals surface area contributed by atoms with Crippen LogP contribution in [0.5, 0.6) is 11.5 Å². The zero-order valence-electron chi connectivity index (χ0n) is 11.0. The molecule has 0 aliphatic rings. The number of nitrogen functional groups attached to an aromatic ring is 1. The number of methoxy groups -OCH3 is 1. The Balaban J connectivity index is 2.01.